The molecule has 1 aromatic heterocycles. The summed E-state index contributed by atoms with van der Waals surface area (Å²) in [6.45, 7) is 1.88. The molecule has 0 unspecified atom stereocenters. The molecule has 0 amide bonds. The van der Waals surface area contributed by atoms with Crippen LogP contribution in [0.1, 0.15) is 15.2 Å². The number of nitrogens with zero attached hydrogens (tertiary/aromatic N) is 1. The first kappa shape index (κ1) is 20.1. The van der Waals surface area contributed by atoms with Crippen LogP contribution in [0.5, 0.6) is 0 Å². The van der Waals surface area contributed by atoms with Crippen molar-refractivity contribution < 1.29 is 18.3 Å². The van der Waals surface area contributed by atoms with Gasteiger partial charge >= 0.3 is 5.97 Å². The maximum absolute atomic E-state index is 11.8. The van der Waals surface area contributed by atoms with Gasteiger partial charge in [0.05, 0.1) is 4.90 Å². The number of carboxylic acid groups (broad SMARTS) is 1. The van der Waals surface area contributed by atoms with E-state index in [1.54, 1.807) is 12.1 Å². The Morgan fingerprint density at radius 1 is 1.00 bits per heavy atom. The van der Waals surface area contributed by atoms with Gasteiger partial charge in [-0.1, -0.05) is 24.3 Å². The highest BCUT2D eigenvalue weighted by atomic mass is 32.2. The molecule has 28 heavy (non-hydrogen) atoms. The Balaban J connectivity index is 2.13. The molecule has 0 bridgehead atoms. The van der Waals surface area contributed by atoms with E-state index in [1.165, 1.54) is 23.5 Å². The molecule has 146 valence electrons. The summed E-state index contributed by atoms with van der Waals surface area (Å²) in [5.74, 6) is -1.02. The number of hydrogen-bond donors (Lipinski definition) is 2. The number of primary sulfonamides is 1. The van der Waals surface area contributed by atoms with Crippen molar-refractivity contribution in [3.05, 3.63) is 59.0 Å². The zero-order valence-electron chi connectivity index (χ0n) is 15.6. The first-order valence-electron chi connectivity index (χ1n) is 8.37. The smallest absolute Gasteiger partial charge is 0.346 e. The van der Waals surface area contributed by atoms with Gasteiger partial charge in [-0.25, -0.2) is 18.4 Å². The quantitative estimate of drug-likeness (QED) is 0.659. The Labute approximate surface area is 167 Å². The van der Waals surface area contributed by atoms with Gasteiger partial charge in [-0.15, -0.1) is 11.3 Å². The number of thiophene rings is 1. The molecule has 1 heterocycles. The second kappa shape index (κ2) is 7.38. The van der Waals surface area contributed by atoms with Crippen molar-refractivity contribution >= 4 is 33.0 Å². The van der Waals surface area contributed by atoms with Crippen LogP contribution in [0.2, 0.25) is 0 Å². The molecule has 3 rings (SSSR count). The maximum Gasteiger partial charge on any atom is 0.346 e. The van der Waals surface area contributed by atoms with E-state index in [1.807, 2.05) is 50.2 Å². The van der Waals surface area contributed by atoms with Gasteiger partial charge in [0.1, 0.15) is 4.88 Å². The van der Waals surface area contributed by atoms with Gasteiger partial charge in [-0.05, 0) is 47.9 Å². The van der Waals surface area contributed by atoms with Gasteiger partial charge in [0, 0.05) is 30.2 Å². The highest BCUT2D eigenvalue weighted by Gasteiger charge is 2.22. The SMILES string of the molecule is Cc1c(-c2ccc(N(C)C)cc2)sc(C(=O)O)c1-c1ccc(S(N)(=O)=O)cc1. The molecule has 0 aliphatic carbocycles. The lowest BCUT2D eigenvalue weighted by molar-refractivity contribution is 0.0703. The molecule has 0 fully saturated rings. The zero-order valence-corrected chi connectivity index (χ0v) is 17.3. The van der Waals surface area contributed by atoms with Gasteiger partial charge in [0.2, 0.25) is 10.0 Å². The number of carbonyl (C=O) groups is 1. The summed E-state index contributed by atoms with van der Waals surface area (Å²) in [6.07, 6.45) is 0. The lowest BCUT2D eigenvalue weighted by Gasteiger charge is -2.12. The molecule has 0 aliphatic heterocycles. The summed E-state index contributed by atoms with van der Waals surface area (Å²) in [6, 6.07) is 13.8. The van der Waals surface area contributed by atoms with E-state index in [4.69, 9.17) is 5.14 Å². The Kier molecular flexibility index (Phi) is 5.29. The number of anilines is 1. The van der Waals surface area contributed by atoms with E-state index in [2.05, 4.69) is 0 Å². The fourth-order valence-corrected chi connectivity index (χ4v) is 4.70. The second-order valence-corrected chi connectivity index (χ2v) is 9.16. The number of sulfonamides is 1. The monoisotopic (exact) mass is 416 g/mol. The van der Waals surface area contributed by atoms with Crippen LogP contribution < -0.4 is 10.0 Å². The summed E-state index contributed by atoms with van der Waals surface area (Å²) >= 11 is 1.21. The largest absolute Gasteiger partial charge is 0.477 e. The van der Waals surface area contributed by atoms with Crippen molar-refractivity contribution in [2.75, 3.05) is 19.0 Å². The second-order valence-electron chi connectivity index (χ2n) is 6.58. The molecule has 2 aromatic carbocycles. The van der Waals surface area contributed by atoms with Crippen molar-refractivity contribution in [1.82, 2.24) is 0 Å². The van der Waals surface area contributed by atoms with Gasteiger partial charge in [0.25, 0.3) is 0 Å². The van der Waals surface area contributed by atoms with Crippen LogP contribution in [-0.4, -0.2) is 33.6 Å². The molecular formula is C20H20N2O4S2. The molecule has 0 aliphatic rings. The molecule has 8 heteroatoms. The number of nitrogens with two attached hydrogens (primary N) is 1. The van der Waals surface area contributed by atoms with E-state index in [9.17, 15) is 18.3 Å². The number of rotatable bonds is 5. The number of carboxylic acids is 1. The van der Waals surface area contributed by atoms with E-state index < -0.39 is 16.0 Å². The fraction of sp³-hybridized carbons (Fsp3) is 0.150. The van der Waals surface area contributed by atoms with E-state index in [0.717, 1.165) is 21.7 Å². The Hall–Kier alpha value is -2.68. The Morgan fingerprint density at radius 3 is 2.00 bits per heavy atom. The summed E-state index contributed by atoms with van der Waals surface area (Å²) in [7, 11) is 0.106. The van der Waals surface area contributed by atoms with E-state index >= 15 is 0 Å². The molecule has 0 saturated heterocycles. The molecule has 3 aromatic rings. The topological polar surface area (TPSA) is 101 Å². The summed E-state index contributed by atoms with van der Waals surface area (Å²) in [5.41, 5.74) is 4.04. The first-order chi connectivity index (χ1) is 13.1. The standard InChI is InChI=1S/C20H20N2O4S2/c1-12-17(13-6-10-16(11-7-13)28(21,25)26)19(20(23)24)27-18(12)14-4-8-15(9-5-14)22(2)3/h4-11H,1-3H3,(H,23,24)(H2,21,25,26). The average Bonchev–Trinajstić information content (AvgIpc) is 2.98. The summed E-state index contributed by atoms with van der Waals surface area (Å²) in [4.78, 5) is 14.9. The fourth-order valence-electron chi connectivity index (χ4n) is 3.01. The third-order valence-electron chi connectivity index (χ3n) is 4.46. The average molecular weight is 417 g/mol. The highest BCUT2D eigenvalue weighted by Crippen LogP contribution is 2.42. The zero-order chi connectivity index (χ0) is 20.6. The summed E-state index contributed by atoms with van der Waals surface area (Å²) < 4.78 is 22.9. The predicted molar refractivity (Wildman–Crippen MR) is 113 cm³/mol. The number of aromatic carboxylic acids is 1. The van der Waals surface area contributed by atoms with Crippen molar-refractivity contribution in [2.45, 2.75) is 11.8 Å². The van der Waals surface area contributed by atoms with Gasteiger partial charge in [0.15, 0.2) is 0 Å². The van der Waals surface area contributed by atoms with Crippen LogP contribution in [0.25, 0.3) is 21.6 Å². The molecule has 0 radical (unpaired) electrons. The van der Waals surface area contributed by atoms with Gasteiger partial charge in [-0.2, -0.15) is 0 Å². The van der Waals surface area contributed by atoms with Crippen molar-refractivity contribution in [3.8, 4) is 21.6 Å². The minimum Gasteiger partial charge on any atom is -0.477 e. The molecule has 0 saturated carbocycles. The van der Waals surface area contributed by atoms with Crippen LogP contribution in [0.4, 0.5) is 5.69 Å². The van der Waals surface area contributed by atoms with Crippen molar-refractivity contribution in [2.24, 2.45) is 5.14 Å². The molecular weight excluding hydrogens is 396 g/mol. The predicted octanol–water partition coefficient (Wildman–Crippen LogP) is 3.80. The lowest BCUT2D eigenvalue weighted by Crippen LogP contribution is -2.11. The third kappa shape index (κ3) is 3.80. The molecule has 6 nitrogen and oxygen atoms in total. The molecule has 0 atom stereocenters. The Bertz CT molecular complexity index is 1130. The van der Waals surface area contributed by atoms with E-state index in [-0.39, 0.29) is 9.77 Å². The van der Waals surface area contributed by atoms with Crippen LogP contribution in [0.15, 0.2) is 53.4 Å². The third-order valence-corrected chi connectivity index (χ3v) is 6.72. The van der Waals surface area contributed by atoms with E-state index in [0.29, 0.717) is 11.1 Å². The maximum atomic E-state index is 11.8. The number of benzene rings is 2. The van der Waals surface area contributed by atoms with Crippen LogP contribution in [0, 0.1) is 6.92 Å². The minimum atomic E-state index is -3.80. The Morgan fingerprint density at radius 2 is 1.54 bits per heavy atom. The van der Waals surface area contributed by atoms with Gasteiger partial charge < -0.3 is 10.0 Å². The summed E-state index contributed by atoms with van der Waals surface area (Å²) in [5, 5.41) is 14.8. The minimum absolute atomic E-state index is 0.0134. The highest BCUT2D eigenvalue weighted by molar-refractivity contribution is 7.89. The van der Waals surface area contributed by atoms with Crippen molar-refractivity contribution in [1.29, 1.82) is 0 Å². The first-order valence-corrected chi connectivity index (χ1v) is 10.7. The molecule has 0 spiro atoms. The lowest BCUT2D eigenvalue weighted by atomic mass is 9.99. The normalized spacial score (nSPS) is 11.4. The number of hydrogen-bond acceptors (Lipinski definition) is 5. The van der Waals surface area contributed by atoms with Crippen LogP contribution in [0.3, 0.4) is 0 Å². The van der Waals surface area contributed by atoms with Crippen molar-refractivity contribution in [3.63, 3.8) is 0 Å². The van der Waals surface area contributed by atoms with Crippen LogP contribution in [-0.2, 0) is 10.0 Å². The van der Waals surface area contributed by atoms with Gasteiger partial charge in [-0.3, -0.25) is 0 Å². The van der Waals surface area contributed by atoms with Crippen LogP contribution >= 0.6 is 11.3 Å². The molecule has 3 N–H and O–H groups in total.